The van der Waals surface area contributed by atoms with E-state index >= 15 is 0 Å². The van der Waals surface area contributed by atoms with Gasteiger partial charge in [0.1, 0.15) is 5.03 Å². The largest absolute Gasteiger partial charge is 0.448 e. The molecule has 106 valence electrons. The van der Waals surface area contributed by atoms with E-state index in [2.05, 4.69) is 12.1 Å². The molecule has 0 radical (unpaired) electrons. The fourth-order valence-electron chi connectivity index (χ4n) is 2.15. The third-order valence-corrected chi connectivity index (χ3v) is 4.87. The van der Waals surface area contributed by atoms with Gasteiger partial charge >= 0.3 is 5.97 Å². The minimum atomic E-state index is -0.443. The smallest absolute Gasteiger partial charge is 0.351 e. The molecule has 0 saturated heterocycles. The highest BCUT2D eigenvalue weighted by Gasteiger charge is 2.34. The number of cyclic esters (lactones) is 1. The summed E-state index contributed by atoms with van der Waals surface area (Å²) in [6.07, 6.45) is -0.389. The number of rotatable bonds is 4. The summed E-state index contributed by atoms with van der Waals surface area (Å²) in [4.78, 5) is 12.5. The Labute approximate surface area is 132 Å². The van der Waals surface area contributed by atoms with Gasteiger partial charge in [0.15, 0.2) is 6.10 Å². The SMILES string of the molecule is O=C1OC(c2ccccc2)C(SCc2ccccc2)=C1Cl. The number of hydrogen-bond donors (Lipinski definition) is 0. The Bertz CT molecular complexity index is 668. The van der Waals surface area contributed by atoms with Crippen LogP contribution in [0.4, 0.5) is 0 Å². The first kappa shape index (κ1) is 14.2. The summed E-state index contributed by atoms with van der Waals surface area (Å²) in [7, 11) is 0. The van der Waals surface area contributed by atoms with Gasteiger partial charge in [-0.2, -0.15) is 0 Å². The molecule has 21 heavy (non-hydrogen) atoms. The molecule has 0 bridgehead atoms. The molecule has 2 nitrogen and oxygen atoms in total. The third-order valence-electron chi connectivity index (χ3n) is 3.20. The summed E-state index contributed by atoms with van der Waals surface area (Å²) < 4.78 is 5.39. The number of ether oxygens (including phenoxy) is 1. The van der Waals surface area contributed by atoms with Gasteiger partial charge in [-0.15, -0.1) is 11.8 Å². The van der Waals surface area contributed by atoms with Gasteiger partial charge < -0.3 is 4.74 Å². The highest BCUT2D eigenvalue weighted by Crippen LogP contribution is 2.44. The molecular formula is C17H13ClO2S. The maximum atomic E-state index is 11.8. The number of thioether (sulfide) groups is 1. The Kier molecular flexibility index (Phi) is 4.32. The summed E-state index contributed by atoms with van der Waals surface area (Å²) in [5, 5.41) is 0.199. The van der Waals surface area contributed by atoms with Gasteiger partial charge in [-0.3, -0.25) is 0 Å². The highest BCUT2D eigenvalue weighted by atomic mass is 35.5. The zero-order valence-electron chi connectivity index (χ0n) is 11.2. The Hall–Kier alpha value is -1.71. The van der Waals surface area contributed by atoms with Crippen molar-refractivity contribution in [3.05, 3.63) is 81.7 Å². The molecule has 4 heteroatoms. The summed E-state index contributed by atoms with van der Waals surface area (Å²) in [5.74, 6) is 0.313. The first-order chi connectivity index (χ1) is 10.3. The summed E-state index contributed by atoms with van der Waals surface area (Å²) in [6, 6.07) is 19.7. The van der Waals surface area contributed by atoms with Crippen LogP contribution in [0.15, 0.2) is 70.6 Å². The molecule has 0 aromatic heterocycles. The van der Waals surface area contributed by atoms with E-state index in [1.165, 1.54) is 5.56 Å². The fourth-order valence-corrected chi connectivity index (χ4v) is 3.52. The molecule has 1 aliphatic heterocycles. The normalized spacial score (nSPS) is 18.0. The molecule has 1 unspecified atom stereocenters. The van der Waals surface area contributed by atoms with Crippen molar-refractivity contribution in [2.24, 2.45) is 0 Å². The summed E-state index contributed by atoms with van der Waals surface area (Å²) >= 11 is 7.68. The van der Waals surface area contributed by atoms with Crippen molar-refractivity contribution in [2.75, 3.05) is 0 Å². The second-order valence-electron chi connectivity index (χ2n) is 4.65. The van der Waals surface area contributed by atoms with Crippen LogP contribution in [0.1, 0.15) is 17.2 Å². The van der Waals surface area contributed by atoms with Gasteiger partial charge in [0.25, 0.3) is 0 Å². The molecule has 0 spiro atoms. The number of carbonyl (C=O) groups excluding carboxylic acids is 1. The van der Waals surface area contributed by atoms with Gasteiger partial charge in [-0.05, 0) is 11.1 Å². The van der Waals surface area contributed by atoms with Crippen molar-refractivity contribution in [3.8, 4) is 0 Å². The Balaban J connectivity index is 1.81. The highest BCUT2D eigenvalue weighted by molar-refractivity contribution is 8.02. The standard InChI is InChI=1S/C17H13ClO2S/c18-14-16(21-11-12-7-3-1-4-8-12)15(20-17(14)19)13-9-5-2-6-10-13/h1-10,15H,11H2. The van der Waals surface area contributed by atoms with E-state index in [9.17, 15) is 4.79 Å². The Morgan fingerprint density at radius 3 is 2.29 bits per heavy atom. The van der Waals surface area contributed by atoms with Crippen LogP contribution in [0.2, 0.25) is 0 Å². The quantitative estimate of drug-likeness (QED) is 0.767. The zero-order valence-corrected chi connectivity index (χ0v) is 12.7. The van der Waals surface area contributed by atoms with Crippen LogP contribution >= 0.6 is 23.4 Å². The predicted molar refractivity (Wildman–Crippen MR) is 85.9 cm³/mol. The molecule has 2 aromatic carbocycles. The van der Waals surface area contributed by atoms with Crippen LogP contribution < -0.4 is 0 Å². The van der Waals surface area contributed by atoms with E-state index < -0.39 is 5.97 Å². The van der Waals surface area contributed by atoms with Crippen molar-refractivity contribution in [1.29, 1.82) is 0 Å². The molecule has 1 heterocycles. The van der Waals surface area contributed by atoms with Crippen LogP contribution in [0.25, 0.3) is 0 Å². The van der Waals surface area contributed by atoms with Gasteiger partial charge in [-0.1, -0.05) is 72.3 Å². The molecule has 0 aliphatic carbocycles. The first-order valence-corrected chi connectivity index (χ1v) is 7.94. The number of carbonyl (C=O) groups is 1. The maximum absolute atomic E-state index is 11.8. The van der Waals surface area contributed by atoms with Crippen molar-refractivity contribution in [1.82, 2.24) is 0 Å². The van der Waals surface area contributed by atoms with Crippen LogP contribution in [-0.4, -0.2) is 5.97 Å². The third kappa shape index (κ3) is 3.14. The van der Waals surface area contributed by atoms with Crippen molar-refractivity contribution in [3.63, 3.8) is 0 Å². The van der Waals surface area contributed by atoms with E-state index in [1.807, 2.05) is 48.5 Å². The van der Waals surface area contributed by atoms with E-state index in [4.69, 9.17) is 16.3 Å². The van der Waals surface area contributed by atoms with Crippen molar-refractivity contribution < 1.29 is 9.53 Å². The first-order valence-electron chi connectivity index (χ1n) is 6.58. The van der Waals surface area contributed by atoms with Crippen LogP contribution in [-0.2, 0) is 15.3 Å². The predicted octanol–water partition coefficient (Wildman–Crippen LogP) is 4.67. The average Bonchev–Trinajstić information content (AvgIpc) is 2.82. The lowest BCUT2D eigenvalue weighted by Gasteiger charge is -2.14. The van der Waals surface area contributed by atoms with Crippen molar-refractivity contribution >= 4 is 29.3 Å². The minimum absolute atomic E-state index is 0.199. The second-order valence-corrected chi connectivity index (χ2v) is 6.04. The average molecular weight is 317 g/mol. The lowest BCUT2D eigenvalue weighted by atomic mass is 10.1. The minimum Gasteiger partial charge on any atom is -0.448 e. The van der Waals surface area contributed by atoms with Gasteiger partial charge in [-0.25, -0.2) is 4.79 Å². The molecule has 1 aliphatic rings. The van der Waals surface area contributed by atoms with E-state index in [-0.39, 0.29) is 11.1 Å². The number of esters is 1. The molecular weight excluding hydrogens is 304 g/mol. The van der Waals surface area contributed by atoms with Crippen LogP contribution in [0.5, 0.6) is 0 Å². The van der Waals surface area contributed by atoms with Crippen LogP contribution in [0.3, 0.4) is 0 Å². The summed E-state index contributed by atoms with van der Waals surface area (Å²) in [6.45, 7) is 0. The monoisotopic (exact) mass is 316 g/mol. The Morgan fingerprint density at radius 2 is 1.62 bits per heavy atom. The van der Waals surface area contributed by atoms with Gasteiger partial charge in [0, 0.05) is 5.75 Å². The molecule has 0 amide bonds. The Morgan fingerprint density at radius 1 is 1.00 bits per heavy atom. The number of hydrogen-bond acceptors (Lipinski definition) is 3. The maximum Gasteiger partial charge on any atom is 0.351 e. The lowest BCUT2D eigenvalue weighted by molar-refractivity contribution is -0.139. The van der Waals surface area contributed by atoms with Crippen LogP contribution in [0, 0.1) is 0 Å². The molecule has 3 rings (SSSR count). The van der Waals surface area contributed by atoms with E-state index in [0.29, 0.717) is 0 Å². The lowest BCUT2D eigenvalue weighted by Crippen LogP contribution is -2.02. The van der Waals surface area contributed by atoms with E-state index in [0.717, 1.165) is 16.2 Å². The van der Waals surface area contributed by atoms with Crippen molar-refractivity contribution in [2.45, 2.75) is 11.9 Å². The number of benzene rings is 2. The van der Waals surface area contributed by atoms with E-state index in [1.54, 1.807) is 11.8 Å². The molecule has 0 fully saturated rings. The number of halogens is 1. The van der Waals surface area contributed by atoms with Gasteiger partial charge in [0.05, 0.1) is 4.91 Å². The molecule has 0 saturated carbocycles. The fraction of sp³-hybridized carbons (Fsp3) is 0.118. The second kappa shape index (κ2) is 6.37. The zero-order chi connectivity index (χ0) is 14.7. The molecule has 2 aromatic rings. The molecule has 1 atom stereocenters. The van der Waals surface area contributed by atoms with Gasteiger partial charge in [0.2, 0.25) is 0 Å². The topological polar surface area (TPSA) is 26.3 Å². The molecule has 0 N–H and O–H groups in total. The summed E-state index contributed by atoms with van der Waals surface area (Å²) in [5.41, 5.74) is 2.13.